The van der Waals surface area contributed by atoms with Gasteiger partial charge < -0.3 is 9.72 Å². The number of thioether (sulfide) groups is 2. The molecule has 6 heteroatoms. The van der Waals surface area contributed by atoms with Gasteiger partial charge in [-0.2, -0.15) is 11.8 Å². The standard InChI is InChI=1S/C14H16N2O2S2/c1-18-12-5-3-10(4-6-12)8-20-14-15-11(9-19-2)7-13(17)16-14/h3-7H,8-9H2,1-2H3,(H,15,16,17). The van der Waals surface area contributed by atoms with E-state index in [9.17, 15) is 4.79 Å². The molecule has 1 aromatic carbocycles. The Morgan fingerprint density at radius 3 is 2.65 bits per heavy atom. The molecule has 0 aliphatic rings. The van der Waals surface area contributed by atoms with Crippen molar-refractivity contribution in [2.24, 2.45) is 0 Å². The molecule has 0 aliphatic heterocycles. The van der Waals surface area contributed by atoms with Gasteiger partial charge in [-0.05, 0) is 24.0 Å². The van der Waals surface area contributed by atoms with E-state index < -0.39 is 0 Å². The molecule has 0 atom stereocenters. The fourth-order valence-electron chi connectivity index (χ4n) is 1.65. The molecule has 2 rings (SSSR count). The van der Waals surface area contributed by atoms with Gasteiger partial charge in [-0.3, -0.25) is 4.79 Å². The molecule has 106 valence electrons. The van der Waals surface area contributed by atoms with Crippen LogP contribution in [-0.2, 0) is 11.5 Å². The van der Waals surface area contributed by atoms with Crippen LogP contribution < -0.4 is 10.3 Å². The molecule has 1 N–H and O–H groups in total. The minimum absolute atomic E-state index is 0.0960. The van der Waals surface area contributed by atoms with Gasteiger partial charge in [0.15, 0.2) is 5.16 Å². The van der Waals surface area contributed by atoms with Crippen molar-refractivity contribution in [1.29, 1.82) is 0 Å². The molecule has 0 unspecified atom stereocenters. The van der Waals surface area contributed by atoms with Gasteiger partial charge in [-0.1, -0.05) is 23.9 Å². The molecule has 0 aliphatic carbocycles. The molecule has 4 nitrogen and oxygen atoms in total. The van der Waals surface area contributed by atoms with Crippen LogP contribution in [-0.4, -0.2) is 23.3 Å². The van der Waals surface area contributed by atoms with Crippen LogP contribution in [0.4, 0.5) is 0 Å². The van der Waals surface area contributed by atoms with Crippen molar-refractivity contribution in [3.05, 3.63) is 51.9 Å². The van der Waals surface area contributed by atoms with Gasteiger partial charge in [0.05, 0.1) is 12.8 Å². The second-order valence-electron chi connectivity index (χ2n) is 4.11. The average molecular weight is 308 g/mol. The molecule has 0 spiro atoms. The van der Waals surface area contributed by atoms with E-state index in [1.165, 1.54) is 11.8 Å². The monoisotopic (exact) mass is 308 g/mol. The molecule has 2 aromatic rings. The Labute approximate surface area is 126 Å². The second-order valence-corrected chi connectivity index (χ2v) is 5.94. The molecular formula is C14H16N2O2S2. The largest absolute Gasteiger partial charge is 0.497 e. The van der Waals surface area contributed by atoms with Gasteiger partial charge in [0.25, 0.3) is 5.56 Å². The summed E-state index contributed by atoms with van der Waals surface area (Å²) in [5.74, 6) is 2.35. The van der Waals surface area contributed by atoms with E-state index in [0.29, 0.717) is 5.16 Å². The summed E-state index contributed by atoms with van der Waals surface area (Å²) in [4.78, 5) is 18.7. The van der Waals surface area contributed by atoms with E-state index in [1.54, 1.807) is 24.9 Å². The van der Waals surface area contributed by atoms with Crippen molar-refractivity contribution < 1.29 is 4.74 Å². The van der Waals surface area contributed by atoms with Gasteiger partial charge >= 0.3 is 0 Å². The smallest absolute Gasteiger partial charge is 0.251 e. The number of hydrogen-bond acceptors (Lipinski definition) is 5. The van der Waals surface area contributed by atoms with Gasteiger partial charge in [0, 0.05) is 17.6 Å². The average Bonchev–Trinajstić information content (AvgIpc) is 2.45. The van der Waals surface area contributed by atoms with E-state index >= 15 is 0 Å². The molecule has 0 amide bonds. The number of methoxy groups -OCH3 is 1. The third kappa shape index (κ3) is 4.31. The number of H-pyrrole nitrogens is 1. The summed E-state index contributed by atoms with van der Waals surface area (Å²) >= 11 is 3.18. The first-order valence-electron chi connectivity index (χ1n) is 6.06. The number of hydrogen-bond donors (Lipinski definition) is 1. The molecule has 0 saturated carbocycles. The number of aromatic amines is 1. The van der Waals surface area contributed by atoms with Crippen molar-refractivity contribution in [3.8, 4) is 5.75 Å². The highest BCUT2D eigenvalue weighted by Gasteiger charge is 2.03. The summed E-state index contributed by atoms with van der Waals surface area (Å²) in [6, 6.07) is 9.42. The fraction of sp³-hybridized carbons (Fsp3) is 0.286. The van der Waals surface area contributed by atoms with Crippen LogP contribution in [0, 0.1) is 0 Å². The summed E-state index contributed by atoms with van der Waals surface area (Å²) in [6.07, 6.45) is 1.99. The van der Waals surface area contributed by atoms with Crippen molar-refractivity contribution in [1.82, 2.24) is 9.97 Å². The van der Waals surface area contributed by atoms with Crippen LogP contribution in [0.5, 0.6) is 5.75 Å². The number of aromatic nitrogens is 2. The molecule has 0 bridgehead atoms. The van der Waals surface area contributed by atoms with Crippen molar-refractivity contribution in [2.75, 3.05) is 13.4 Å². The van der Waals surface area contributed by atoms with Crippen LogP contribution in [0.3, 0.4) is 0 Å². The Kier molecular flexibility index (Phi) is 5.55. The van der Waals surface area contributed by atoms with E-state index in [-0.39, 0.29) is 5.56 Å². The number of rotatable bonds is 6. The van der Waals surface area contributed by atoms with Crippen LogP contribution in [0.2, 0.25) is 0 Å². The van der Waals surface area contributed by atoms with E-state index in [2.05, 4.69) is 9.97 Å². The molecular weight excluding hydrogens is 292 g/mol. The quantitative estimate of drug-likeness (QED) is 0.657. The Bertz CT molecular complexity index is 611. The Balaban J connectivity index is 2.04. The summed E-state index contributed by atoms with van der Waals surface area (Å²) in [5, 5.41) is 0.664. The van der Waals surface area contributed by atoms with Crippen molar-refractivity contribution in [2.45, 2.75) is 16.7 Å². The highest BCUT2D eigenvalue weighted by Crippen LogP contribution is 2.20. The maximum atomic E-state index is 11.5. The van der Waals surface area contributed by atoms with Crippen LogP contribution in [0.25, 0.3) is 0 Å². The summed E-state index contributed by atoms with van der Waals surface area (Å²) in [6.45, 7) is 0. The van der Waals surface area contributed by atoms with Crippen molar-refractivity contribution >= 4 is 23.5 Å². The molecule has 0 saturated heterocycles. The van der Waals surface area contributed by atoms with Crippen LogP contribution in [0.15, 0.2) is 40.3 Å². The van der Waals surface area contributed by atoms with Crippen LogP contribution >= 0.6 is 23.5 Å². The summed E-state index contributed by atoms with van der Waals surface area (Å²) in [5.41, 5.74) is 1.88. The third-order valence-electron chi connectivity index (χ3n) is 2.60. The molecule has 0 fully saturated rings. The van der Waals surface area contributed by atoms with E-state index in [0.717, 1.165) is 28.5 Å². The highest BCUT2D eigenvalue weighted by atomic mass is 32.2. The Hall–Kier alpha value is -1.40. The topological polar surface area (TPSA) is 55.0 Å². The Morgan fingerprint density at radius 1 is 1.25 bits per heavy atom. The lowest BCUT2D eigenvalue weighted by Crippen LogP contribution is -2.09. The predicted molar refractivity (Wildman–Crippen MR) is 84.6 cm³/mol. The SMILES string of the molecule is COc1ccc(CSc2nc(CSC)cc(=O)[nH]2)cc1. The minimum Gasteiger partial charge on any atom is -0.497 e. The predicted octanol–water partition coefficient (Wildman–Crippen LogP) is 2.93. The molecule has 1 aromatic heterocycles. The van der Waals surface area contributed by atoms with Crippen LogP contribution in [0.1, 0.15) is 11.3 Å². The van der Waals surface area contributed by atoms with Gasteiger partial charge in [0.1, 0.15) is 5.75 Å². The zero-order valence-corrected chi connectivity index (χ0v) is 13.0. The fourth-order valence-corrected chi connectivity index (χ4v) is 2.94. The zero-order valence-electron chi connectivity index (χ0n) is 11.4. The number of nitrogens with one attached hydrogen (secondary N) is 1. The molecule has 0 radical (unpaired) electrons. The summed E-state index contributed by atoms with van der Waals surface area (Å²) < 4.78 is 5.12. The highest BCUT2D eigenvalue weighted by molar-refractivity contribution is 7.98. The zero-order chi connectivity index (χ0) is 14.4. The summed E-state index contributed by atoms with van der Waals surface area (Å²) in [7, 11) is 1.65. The number of nitrogens with zero attached hydrogens (tertiary/aromatic N) is 1. The number of benzene rings is 1. The van der Waals surface area contributed by atoms with Gasteiger partial charge in [-0.25, -0.2) is 4.98 Å². The first-order valence-corrected chi connectivity index (χ1v) is 8.44. The first kappa shape index (κ1) is 15.0. The number of ether oxygens (including phenoxy) is 1. The lowest BCUT2D eigenvalue weighted by molar-refractivity contribution is 0.414. The maximum absolute atomic E-state index is 11.5. The van der Waals surface area contributed by atoms with Gasteiger partial charge in [-0.15, -0.1) is 0 Å². The first-order chi connectivity index (χ1) is 9.71. The molecule has 1 heterocycles. The third-order valence-corrected chi connectivity index (χ3v) is 4.13. The van der Waals surface area contributed by atoms with Gasteiger partial charge in [0.2, 0.25) is 0 Å². The Morgan fingerprint density at radius 2 is 2.00 bits per heavy atom. The van der Waals surface area contributed by atoms with E-state index in [1.807, 2.05) is 30.5 Å². The molecule has 20 heavy (non-hydrogen) atoms. The maximum Gasteiger partial charge on any atom is 0.251 e. The second kappa shape index (κ2) is 7.40. The normalized spacial score (nSPS) is 10.5. The van der Waals surface area contributed by atoms with Crippen molar-refractivity contribution in [3.63, 3.8) is 0 Å². The minimum atomic E-state index is -0.0960. The lowest BCUT2D eigenvalue weighted by atomic mass is 10.2. The lowest BCUT2D eigenvalue weighted by Gasteiger charge is -2.04. The van der Waals surface area contributed by atoms with E-state index in [4.69, 9.17) is 4.74 Å².